The van der Waals surface area contributed by atoms with Crippen LogP contribution in [0.5, 0.6) is 5.75 Å². The maximum absolute atomic E-state index is 12.0. The van der Waals surface area contributed by atoms with Crippen molar-refractivity contribution in [2.75, 3.05) is 32.5 Å². The number of benzene rings is 1. The molecule has 33 heavy (non-hydrogen) atoms. The van der Waals surface area contributed by atoms with E-state index in [4.69, 9.17) is 16.3 Å². The number of carbonyl (C=O) groups is 1. The van der Waals surface area contributed by atoms with Gasteiger partial charge in [0.05, 0.1) is 23.6 Å². The predicted octanol–water partition coefficient (Wildman–Crippen LogP) is 5.49. The molecule has 0 amide bonds. The first-order chi connectivity index (χ1) is 16.0. The summed E-state index contributed by atoms with van der Waals surface area (Å²) in [6.07, 6.45) is 7.00. The van der Waals surface area contributed by atoms with Crippen LogP contribution in [0.1, 0.15) is 24.8 Å². The van der Waals surface area contributed by atoms with Crippen molar-refractivity contribution in [1.29, 1.82) is 0 Å². The van der Waals surface area contributed by atoms with Gasteiger partial charge >= 0.3 is 5.97 Å². The number of piperidine rings is 1. The number of ether oxygens (including phenoxy) is 1. The maximum atomic E-state index is 12.0. The number of aryl methyl sites for hydroxylation is 1. The number of thioether (sulfide) groups is 1. The highest BCUT2D eigenvalue weighted by Crippen LogP contribution is 2.32. The lowest BCUT2D eigenvalue weighted by Crippen LogP contribution is -2.44. The Balaban J connectivity index is 1.33. The number of carboxylic acids is 1. The SMILES string of the molecule is COc1ccc2ncc(Cl)c(CCC[C@H]3CCN(CCSc4nccs4)C[C@H]3C(=O)O)c2c1. The molecule has 1 N–H and O–H groups in total. The lowest BCUT2D eigenvalue weighted by molar-refractivity contribution is -0.146. The Morgan fingerprint density at radius 2 is 2.27 bits per heavy atom. The molecule has 0 spiro atoms. The molecule has 6 nitrogen and oxygen atoms in total. The Morgan fingerprint density at radius 3 is 3.03 bits per heavy atom. The summed E-state index contributed by atoms with van der Waals surface area (Å²) in [5.74, 6) is 0.885. The number of methoxy groups -OCH3 is 1. The number of hydrogen-bond donors (Lipinski definition) is 1. The molecule has 0 unspecified atom stereocenters. The Kier molecular flexibility index (Phi) is 8.46. The van der Waals surface area contributed by atoms with Gasteiger partial charge in [-0.2, -0.15) is 0 Å². The van der Waals surface area contributed by atoms with Gasteiger partial charge in [-0.25, -0.2) is 4.98 Å². The summed E-state index contributed by atoms with van der Waals surface area (Å²) in [6.45, 7) is 2.46. The summed E-state index contributed by atoms with van der Waals surface area (Å²) in [5, 5.41) is 13.5. The molecule has 2 atom stereocenters. The molecule has 2 aromatic heterocycles. The molecule has 3 aromatic rings. The van der Waals surface area contributed by atoms with Crippen LogP contribution in [-0.4, -0.2) is 58.4 Å². The summed E-state index contributed by atoms with van der Waals surface area (Å²) in [6, 6.07) is 5.82. The first-order valence-corrected chi connectivity index (χ1v) is 13.4. The monoisotopic (exact) mass is 505 g/mol. The number of carboxylic acid groups (broad SMARTS) is 1. The molecule has 0 aliphatic carbocycles. The van der Waals surface area contributed by atoms with Crippen molar-refractivity contribution < 1.29 is 14.6 Å². The van der Waals surface area contributed by atoms with E-state index in [9.17, 15) is 9.90 Å². The standard InChI is InChI=1S/C24H28ClN3O3S2/c1-31-17-5-6-22-19(13-17)18(21(25)14-27-22)4-2-3-16-7-9-28(15-20(16)23(29)30)10-12-33-24-26-8-11-32-24/h5-6,8,11,13-14,16,20H,2-4,7,9-10,12,15H2,1H3,(H,29,30)/t16-,20+/m0/s1. The number of likely N-dealkylation sites (tertiary alicyclic amines) is 1. The molecule has 1 aromatic carbocycles. The van der Waals surface area contributed by atoms with E-state index in [0.29, 0.717) is 11.6 Å². The third kappa shape index (κ3) is 6.18. The lowest BCUT2D eigenvalue weighted by Gasteiger charge is -2.36. The molecule has 4 rings (SSSR count). The highest BCUT2D eigenvalue weighted by atomic mass is 35.5. The molecule has 176 valence electrons. The second-order valence-corrected chi connectivity index (χ2v) is 10.9. The van der Waals surface area contributed by atoms with Crippen molar-refractivity contribution >= 4 is 51.6 Å². The van der Waals surface area contributed by atoms with Crippen molar-refractivity contribution in [3.8, 4) is 5.75 Å². The van der Waals surface area contributed by atoms with Gasteiger partial charge in [0.2, 0.25) is 0 Å². The summed E-state index contributed by atoms with van der Waals surface area (Å²) >= 11 is 9.88. The highest BCUT2D eigenvalue weighted by molar-refractivity contribution is 8.01. The van der Waals surface area contributed by atoms with Gasteiger partial charge in [0.15, 0.2) is 0 Å². The van der Waals surface area contributed by atoms with Gasteiger partial charge < -0.3 is 14.7 Å². The summed E-state index contributed by atoms with van der Waals surface area (Å²) in [5.41, 5.74) is 1.95. The topological polar surface area (TPSA) is 75.5 Å². The van der Waals surface area contributed by atoms with Crippen molar-refractivity contribution in [1.82, 2.24) is 14.9 Å². The van der Waals surface area contributed by atoms with Crippen LogP contribution in [0.3, 0.4) is 0 Å². The average molecular weight is 506 g/mol. The quantitative estimate of drug-likeness (QED) is 0.365. The van der Waals surface area contributed by atoms with Gasteiger partial charge in [-0.1, -0.05) is 23.4 Å². The van der Waals surface area contributed by atoms with Crippen LogP contribution in [0.2, 0.25) is 5.02 Å². The van der Waals surface area contributed by atoms with Crippen LogP contribution in [-0.2, 0) is 11.2 Å². The van der Waals surface area contributed by atoms with E-state index in [1.807, 2.05) is 29.8 Å². The van der Waals surface area contributed by atoms with Crippen molar-refractivity contribution in [3.63, 3.8) is 0 Å². The van der Waals surface area contributed by atoms with Gasteiger partial charge in [-0.05, 0) is 61.9 Å². The van der Waals surface area contributed by atoms with E-state index in [-0.39, 0.29) is 11.8 Å². The summed E-state index contributed by atoms with van der Waals surface area (Å²) < 4.78 is 6.44. The van der Waals surface area contributed by atoms with Crippen LogP contribution >= 0.6 is 34.7 Å². The van der Waals surface area contributed by atoms with Gasteiger partial charge in [0, 0.05) is 42.0 Å². The zero-order valence-electron chi connectivity index (χ0n) is 18.6. The number of nitrogens with zero attached hydrogens (tertiary/aromatic N) is 3. The Bertz CT molecular complexity index is 1080. The van der Waals surface area contributed by atoms with Crippen LogP contribution in [0.15, 0.2) is 40.3 Å². The Morgan fingerprint density at radius 1 is 1.39 bits per heavy atom. The minimum atomic E-state index is -0.686. The van der Waals surface area contributed by atoms with E-state index in [0.717, 1.165) is 71.1 Å². The van der Waals surface area contributed by atoms with E-state index in [1.165, 1.54) is 0 Å². The number of fused-ring (bicyclic) bond motifs is 1. The van der Waals surface area contributed by atoms with E-state index in [1.54, 1.807) is 36.4 Å². The normalized spacial score (nSPS) is 19.1. The van der Waals surface area contributed by atoms with Crippen molar-refractivity contribution in [2.45, 2.75) is 30.0 Å². The fourth-order valence-electron chi connectivity index (χ4n) is 4.56. The second kappa shape index (κ2) is 11.5. The summed E-state index contributed by atoms with van der Waals surface area (Å²) in [7, 11) is 1.65. The number of rotatable bonds is 10. The molecule has 3 heterocycles. The zero-order chi connectivity index (χ0) is 23.2. The molecular weight excluding hydrogens is 478 g/mol. The molecular formula is C24H28ClN3O3S2. The van der Waals surface area contributed by atoms with Gasteiger partial charge in [0.25, 0.3) is 0 Å². The second-order valence-electron chi connectivity index (χ2n) is 8.30. The van der Waals surface area contributed by atoms with Gasteiger partial charge in [-0.3, -0.25) is 9.78 Å². The van der Waals surface area contributed by atoms with Gasteiger partial charge in [-0.15, -0.1) is 11.3 Å². The van der Waals surface area contributed by atoms with Crippen LogP contribution in [0, 0.1) is 11.8 Å². The third-order valence-electron chi connectivity index (χ3n) is 6.34. The third-order valence-corrected chi connectivity index (χ3v) is 8.61. The zero-order valence-corrected chi connectivity index (χ0v) is 21.0. The number of aliphatic carboxylic acids is 1. The highest BCUT2D eigenvalue weighted by Gasteiger charge is 2.33. The summed E-state index contributed by atoms with van der Waals surface area (Å²) in [4.78, 5) is 23.0. The smallest absolute Gasteiger partial charge is 0.308 e. The Hall–Kier alpha value is -1.87. The van der Waals surface area contributed by atoms with E-state index >= 15 is 0 Å². The Labute approximate surface area is 207 Å². The first kappa shape index (κ1) is 24.3. The maximum Gasteiger partial charge on any atom is 0.308 e. The fraction of sp³-hybridized carbons (Fsp3) is 0.458. The van der Waals surface area contributed by atoms with Crippen molar-refractivity contribution in [2.24, 2.45) is 11.8 Å². The number of pyridine rings is 1. The van der Waals surface area contributed by atoms with Crippen LogP contribution in [0.4, 0.5) is 0 Å². The van der Waals surface area contributed by atoms with Gasteiger partial charge in [0.1, 0.15) is 10.1 Å². The molecule has 1 saturated heterocycles. The average Bonchev–Trinajstić information content (AvgIpc) is 3.34. The number of halogens is 1. The molecule has 1 aliphatic heterocycles. The van der Waals surface area contributed by atoms with E-state index in [2.05, 4.69) is 14.9 Å². The molecule has 0 radical (unpaired) electrons. The number of hydrogen-bond acceptors (Lipinski definition) is 7. The molecule has 9 heteroatoms. The van der Waals surface area contributed by atoms with Crippen LogP contribution in [0.25, 0.3) is 10.9 Å². The predicted molar refractivity (Wildman–Crippen MR) is 135 cm³/mol. The molecule has 0 bridgehead atoms. The molecule has 0 saturated carbocycles. The molecule has 1 fully saturated rings. The largest absolute Gasteiger partial charge is 0.497 e. The minimum Gasteiger partial charge on any atom is -0.497 e. The minimum absolute atomic E-state index is 0.187. The fourth-order valence-corrected chi connectivity index (χ4v) is 6.52. The first-order valence-electron chi connectivity index (χ1n) is 11.1. The van der Waals surface area contributed by atoms with E-state index < -0.39 is 5.97 Å². The molecule has 1 aliphatic rings. The van der Waals surface area contributed by atoms with Crippen LogP contribution < -0.4 is 4.74 Å². The van der Waals surface area contributed by atoms with Crippen molar-refractivity contribution in [3.05, 3.63) is 46.6 Å². The number of thiazole rings is 1. The number of aromatic nitrogens is 2. The lowest BCUT2D eigenvalue weighted by atomic mass is 9.81.